The molecule has 0 amide bonds. The van der Waals surface area contributed by atoms with E-state index in [0.717, 1.165) is 17.3 Å². The number of aromatic nitrogens is 4. The van der Waals surface area contributed by atoms with Gasteiger partial charge in [-0.15, -0.1) is 10.2 Å². The van der Waals surface area contributed by atoms with E-state index < -0.39 is 0 Å². The minimum Gasteiger partial charge on any atom is -0.266 e. The van der Waals surface area contributed by atoms with Crippen LogP contribution in [0.25, 0.3) is 5.65 Å². The molecule has 0 aliphatic heterocycles. The second-order valence-corrected chi connectivity index (χ2v) is 5.45. The van der Waals surface area contributed by atoms with Gasteiger partial charge >= 0.3 is 0 Å². The van der Waals surface area contributed by atoms with E-state index in [9.17, 15) is 0 Å². The number of fused-ring (bicyclic) bond motifs is 1. The van der Waals surface area contributed by atoms with Gasteiger partial charge in [-0.25, -0.2) is 4.98 Å². The normalized spacial score (nSPS) is 18.1. The van der Waals surface area contributed by atoms with Crippen molar-refractivity contribution in [2.75, 3.05) is 0 Å². The fourth-order valence-electron chi connectivity index (χ4n) is 2.88. The standard InChI is InChI=1S/C13H17ClN4/c1-9-15-11(14)8-12-16-17-13(18(9)12)10-6-4-2-3-5-7-10/h8,10H,2-7H2,1H3. The number of hydrogen-bond acceptors (Lipinski definition) is 3. The van der Waals surface area contributed by atoms with Gasteiger partial charge in [-0.1, -0.05) is 37.3 Å². The van der Waals surface area contributed by atoms with Crippen LogP contribution in [0.4, 0.5) is 0 Å². The molecule has 1 fully saturated rings. The average molecular weight is 265 g/mol. The number of hydrogen-bond donors (Lipinski definition) is 0. The molecule has 2 aromatic heterocycles. The average Bonchev–Trinajstić information content (AvgIpc) is 2.59. The van der Waals surface area contributed by atoms with Crippen LogP contribution in [0.15, 0.2) is 6.07 Å². The molecule has 0 aromatic carbocycles. The highest BCUT2D eigenvalue weighted by molar-refractivity contribution is 6.29. The largest absolute Gasteiger partial charge is 0.266 e. The maximum Gasteiger partial charge on any atom is 0.165 e. The minimum atomic E-state index is 0.486. The van der Waals surface area contributed by atoms with Crippen molar-refractivity contribution in [2.45, 2.75) is 51.4 Å². The molecule has 4 nitrogen and oxygen atoms in total. The van der Waals surface area contributed by atoms with Gasteiger partial charge in [0.2, 0.25) is 0 Å². The van der Waals surface area contributed by atoms with E-state index in [1.54, 1.807) is 6.07 Å². The van der Waals surface area contributed by atoms with E-state index in [1.165, 1.54) is 38.5 Å². The first-order valence-corrected chi connectivity index (χ1v) is 7.01. The van der Waals surface area contributed by atoms with Crippen LogP contribution in [0.3, 0.4) is 0 Å². The van der Waals surface area contributed by atoms with E-state index >= 15 is 0 Å². The van der Waals surface area contributed by atoms with Crippen molar-refractivity contribution in [2.24, 2.45) is 0 Å². The Balaban J connectivity index is 2.06. The molecule has 2 aromatic rings. The Hall–Kier alpha value is -1.16. The summed E-state index contributed by atoms with van der Waals surface area (Å²) in [6.45, 7) is 1.96. The molecular weight excluding hydrogens is 248 g/mol. The molecule has 0 spiro atoms. The fourth-order valence-corrected chi connectivity index (χ4v) is 3.10. The van der Waals surface area contributed by atoms with E-state index in [-0.39, 0.29) is 0 Å². The van der Waals surface area contributed by atoms with Gasteiger partial charge in [0.05, 0.1) is 0 Å². The van der Waals surface area contributed by atoms with E-state index in [1.807, 2.05) is 6.92 Å². The summed E-state index contributed by atoms with van der Waals surface area (Å²) in [7, 11) is 0. The van der Waals surface area contributed by atoms with Crippen LogP contribution in [0, 0.1) is 6.92 Å². The van der Waals surface area contributed by atoms with Crippen molar-refractivity contribution >= 4 is 17.2 Å². The Bertz CT molecular complexity index is 555. The number of nitrogens with zero attached hydrogens (tertiary/aromatic N) is 4. The van der Waals surface area contributed by atoms with Crippen molar-refractivity contribution in [3.8, 4) is 0 Å². The van der Waals surface area contributed by atoms with Gasteiger partial charge in [0, 0.05) is 12.0 Å². The van der Waals surface area contributed by atoms with Gasteiger partial charge in [0.15, 0.2) is 5.65 Å². The molecule has 2 heterocycles. The maximum absolute atomic E-state index is 5.95. The number of aryl methyl sites for hydroxylation is 1. The summed E-state index contributed by atoms with van der Waals surface area (Å²) < 4.78 is 2.06. The van der Waals surface area contributed by atoms with Gasteiger partial charge in [-0.3, -0.25) is 4.40 Å². The molecule has 0 saturated heterocycles. The highest BCUT2D eigenvalue weighted by Crippen LogP contribution is 2.31. The third kappa shape index (κ3) is 2.09. The monoisotopic (exact) mass is 264 g/mol. The fraction of sp³-hybridized carbons (Fsp3) is 0.615. The van der Waals surface area contributed by atoms with Crippen molar-refractivity contribution in [1.29, 1.82) is 0 Å². The summed E-state index contributed by atoms with van der Waals surface area (Å²) in [5.74, 6) is 2.46. The lowest BCUT2D eigenvalue weighted by atomic mass is 10.00. The zero-order valence-electron chi connectivity index (χ0n) is 10.6. The minimum absolute atomic E-state index is 0.486. The van der Waals surface area contributed by atoms with E-state index in [2.05, 4.69) is 19.6 Å². The summed E-state index contributed by atoms with van der Waals surface area (Å²) in [4.78, 5) is 4.30. The molecule has 18 heavy (non-hydrogen) atoms. The summed E-state index contributed by atoms with van der Waals surface area (Å²) in [6.07, 6.45) is 7.69. The number of rotatable bonds is 1. The summed E-state index contributed by atoms with van der Waals surface area (Å²) in [6, 6.07) is 1.78. The zero-order valence-corrected chi connectivity index (χ0v) is 11.3. The lowest BCUT2D eigenvalue weighted by molar-refractivity contribution is 0.552. The van der Waals surface area contributed by atoms with Crippen LogP contribution in [0.1, 0.15) is 56.1 Å². The smallest absolute Gasteiger partial charge is 0.165 e. The Morgan fingerprint density at radius 3 is 2.61 bits per heavy atom. The molecule has 1 saturated carbocycles. The lowest BCUT2D eigenvalue weighted by Crippen LogP contribution is -2.06. The third-order valence-electron chi connectivity index (χ3n) is 3.77. The first kappa shape index (κ1) is 11.9. The Morgan fingerprint density at radius 1 is 1.17 bits per heavy atom. The van der Waals surface area contributed by atoms with E-state index in [4.69, 9.17) is 11.6 Å². The van der Waals surface area contributed by atoms with Crippen LogP contribution in [0.2, 0.25) is 5.15 Å². The topological polar surface area (TPSA) is 43.1 Å². The molecule has 3 rings (SSSR count). The van der Waals surface area contributed by atoms with Gasteiger partial charge in [-0.05, 0) is 19.8 Å². The first-order valence-electron chi connectivity index (χ1n) is 6.64. The predicted octanol–water partition coefficient (Wildman–Crippen LogP) is 3.52. The Kier molecular flexibility index (Phi) is 3.20. The summed E-state index contributed by atoms with van der Waals surface area (Å²) in [5, 5.41) is 9.10. The lowest BCUT2D eigenvalue weighted by Gasteiger charge is -2.12. The first-order chi connectivity index (χ1) is 8.75. The molecule has 1 aliphatic carbocycles. The van der Waals surface area contributed by atoms with Gasteiger partial charge in [0.1, 0.15) is 16.8 Å². The highest BCUT2D eigenvalue weighted by atomic mass is 35.5. The molecule has 0 bridgehead atoms. The Labute approximate surface area is 111 Å². The Morgan fingerprint density at radius 2 is 1.89 bits per heavy atom. The summed E-state index contributed by atoms with van der Waals surface area (Å²) in [5.41, 5.74) is 0.812. The van der Waals surface area contributed by atoms with Gasteiger partial charge in [0.25, 0.3) is 0 Å². The molecule has 0 radical (unpaired) electrons. The second kappa shape index (κ2) is 4.84. The molecule has 5 heteroatoms. The second-order valence-electron chi connectivity index (χ2n) is 5.07. The zero-order chi connectivity index (χ0) is 12.5. The van der Waals surface area contributed by atoms with Crippen molar-refractivity contribution in [1.82, 2.24) is 19.6 Å². The van der Waals surface area contributed by atoms with Crippen molar-refractivity contribution < 1.29 is 0 Å². The maximum atomic E-state index is 5.95. The van der Waals surface area contributed by atoms with E-state index in [0.29, 0.717) is 11.1 Å². The molecule has 0 N–H and O–H groups in total. The molecular formula is C13H17ClN4. The van der Waals surface area contributed by atoms with Crippen molar-refractivity contribution in [3.05, 3.63) is 22.9 Å². The summed E-state index contributed by atoms with van der Waals surface area (Å²) >= 11 is 5.95. The van der Waals surface area contributed by atoms with Crippen LogP contribution in [-0.2, 0) is 0 Å². The predicted molar refractivity (Wildman–Crippen MR) is 71.0 cm³/mol. The van der Waals surface area contributed by atoms with Crippen LogP contribution in [0.5, 0.6) is 0 Å². The van der Waals surface area contributed by atoms with Crippen molar-refractivity contribution in [3.63, 3.8) is 0 Å². The molecule has 0 unspecified atom stereocenters. The quantitative estimate of drug-likeness (QED) is 0.585. The molecule has 0 atom stereocenters. The molecule has 96 valence electrons. The van der Waals surface area contributed by atoms with Crippen LogP contribution >= 0.6 is 11.6 Å². The third-order valence-corrected chi connectivity index (χ3v) is 3.97. The SMILES string of the molecule is Cc1nc(Cl)cc2nnc(C3CCCCCC3)n12. The van der Waals surface area contributed by atoms with Crippen LogP contribution in [-0.4, -0.2) is 19.6 Å². The van der Waals surface area contributed by atoms with Gasteiger partial charge < -0.3 is 0 Å². The molecule has 1 aliphatic rings. The van der Waals surface area contributed by atoms with Crippen LogP contribution < -0.4 is 0 Å². The highest BCUT2D eigenvalue weighted by Gasteiger charge is 2.21. The number of halogens is 1. The van der Waals surface area contributed by atoms with Gasteiger partial charge in [-0.2, -0.15) is 0 Å².